The second-order valence-electron chi connectivity index (χ2n) is 5.80. The van der Waals surface area contributed by atoms with Gasteiger partial charge in [0.25, 0.3) is 0 Å². The average Bonchev–Trinajstić information content (AvgIpc) is 2.53. The highest BCUT2D eigenvalue weighted by atomic mass is 16.4. The van der Waals surface area contributed by atoms with E-state index in [2.05, 4.69) is 10.6 Å². The van der Waals surface area contributed by atoms with Crippen molar-refractivity contribution in [2.45, 2.75) is 45.0 Å². The van der Waals surface area contributed by atoms with Gasteiger partial charge in [-0.2, -0.15) is 0 Å². The summed E-state index contributed by atoms with van der Waals surface area (Å²) in [4.78, 5) is 46.7. The molecule has 144 valence electrons. The Balaban J connectivity index is 5.15. The number of hydrogen-bond acceptors (Lipinski definition) is 7. The van der Waals surface area contributed by atoms with Crippen LogP contribution in [0.1, 0.15) is 20.8 Å². The predicted octanol–water partition coefficient (Wildman–Crippen LogP) is -3.49. The van der Waals surface area contributed by atoms with Crippen molar-refractivity contribution in [2.75, 3.05) is 13.2 Å². The molecule has 0 aromatic heterocycles. The van der Waals surface area contributed by atoms with Gasteiger partial charge in [0.15, 0.2) is 0 Å². The molecule has 0 aliphatic rings. The van der Waals surface area contributed by atoms with E-state index in [-0.39, 0.29) is 12.5 Å². The third-order valence-corrected chi connectivity index (χ3v) is 3.31. The van der Waals surface area contributed by atoms with Gasteiger partial charge in [0, 0.05) is 0 Å². The summed E-state index contributed by atoms with van der Waals surface area (Å²) >= 11 is 0. The number of rotatable bonds is 10. The fraction of sp³-hybridized carbons (Fsp3) is 0.714. The summed E-state index contributed by atoms with van der Waals surface area (Å²) in [6, 6.07) is -4.06. The topological polar surface area (TPSA) is 191 Å². The molecule has 4 atom stereocenters. The Labute approximate surface area is 145 Å². The second kappa shape index (κ2) is 10.6. The minimum Gasteiger partial charge on any atom is -0.480 e. The molecular weight excluding hydrogens is 336 g/mol. The Hall–Kier alpha value is -2.24. The lowest BCUT2D eigenvalue weighted by atomic mass is 10.0. The van der Waals surface area contributed by atoms with Crippen LogP contribution in [0.2, 0.25) is 0 Å². The maximum absolute atomic E-state index is 12.3. The highest BCUT2D eigenvalue weighted by Crippen LogP contribution is 2.04. The summed E-state index contributed by atoms with van der Waals surface area (Å²) in [5.41, 5.74) is 5.19. The van der Waals surface area contributed by atoms with E-state index in [0.29, 0.717) is 0 Å². The number of aliphatic hydroxyl groups is 2. The highest BCUT2D eigenvalue weighted by molar-refractivity contribution is 5.94. The summed E-state index contributed by atoms with van der Waals surface area (Å²) < 4.78 is 0. The number of aliphatic carboxylic acids is 1. The van der Waals surface area contributed by atoms with E-state index in [1.54, 1.807) is 13.8 Å². The van der Waals surface area contributed by atoms with E-state index in [9.17, 15) is 24.3 Å². The summed E-state index contributed by atoms with van der Waals surface area (Å²) in [5, 5.41) is 34.1. The molecule has 0 spiro atoms. The van der Waals surface area contributed by atoms with Crippen LogP contribution in [0.25, 0.3) is 0 Å². The Morgan fingerprint density at radius 3 is 1.84 bits per heavy atom. The Morgan fingerprint density at radius 2 is 1.48 bits per heavy atom. The first-order chi connectivity index (χ1) is 11.5. The fourth-order valence-corrected chi connectivity index (χ4v) is 1.86. The molecule has 0 heterocycles. The first-order valence-corrected chi connectivity index (χ1v) is 7.67. The van der Waals surface area contributed by atoms with E-state index in [1.165, 1.54) is 6.92 Å². The molecule has 0 aromatic rings. The van der Waals surface area contributed by atoms with Gasteiger partial charge in [-0.05, 0) is 12.8 Å². The summed E-state index contributed by atoms with van der Waals surface area (Å²) in [5.74, 6) is -4.11. The standard InChI is InChI=1S/C14H26N4O7/c1-6(2)10(17-9(21)4-15)12(22)18-11(7(3)20)13(23)16-8(5-19)14(24)25/h6-8,10-11,19-20H,4-5,15H2,1-3H3,(H,16,23)(H,17,21)(H,18,22)(H,24,25). The molecule has 0 aromatic carbocycles. The number of amides is 3. The van der Waals surface area contributed by atoms with Gasteiger partial charge in [0.2, 0.25) is 17.7 Å². The van der Waals surface area contributed by atoms with Gasteiger partial charge in [0.05, 0.1) is 19.3 Å². The van der Waals surface area contributed by atoms with E-state index < -0.39 is 54.5 Å². The van der Waals surface area contributed by atoms with Crippen LogP contribution < -0.4 is 21.7 Å². The van der Waals surface area contributed by atoms with Crippen LogP contribution in [0.3, 0.4) is 0 Å². The van der Waals surface area contributed by atoms with Crippen LogP contribution in [0, 0.1) is 5.92 Å². The fourth-order valence-electron chi connectivity index (χ4n) is 1.86. The third-order valence-electron chi connectivity index (χ3n) is 3.31. The quantitative estimate of drug-likeness (QED) is 0.208. The minimum absolute atomic E-state index is 0.326. The largest absolute Gasteiger partial charge is 0.480 e. The predicted molar refractivity (Wildman–Crippen MR) is 86.1 cm³/mol. The van der Waals surface area contributed by atoms with Crippen molar-refractivity contribution in [3.63, 3.8) is 0 Å². The normalized spacial score (nSPS) is 15.6. The molecule has 25 heavy (non-hydrogen) atoms. The van der Waals surface area contributed by atoms with E-state index in [4.69, 9.17) is 15.9 Å². The maximum Gasteiger partial charge on any atom is 0.328 e. The molecular formula is C14H26N4O7. The minimum atomic E-state index is -1.58. The Kier molecular flexibility index (Phi) is 9.64. The molecule has 8 N–H and O–H groups in total. The number of carbonyl (C=O) groups is 4. The van der Waals surface area contributed by atoms with Crippen molar-refractivity contribution in [1.29, 1.82) is 0 Å². The third kappa shape index (κ3) is 7.45. The lowest BCUT2D eigenvalue weighted by Crippen LogP contribution is -2.60. The van der Waals surface area contributed by atoms with Gasteiger partial charge in [-0.25, -0.2) is 4.79 Å². The summed E-state index contributed by atoms with van der Waals surface area (Å²) in [6.45, 7) is 3.36. The average molecular weight is 362 g/mol. The van der Waals surface area contributed by atoms with Gasteiger partial charge in [-0.3, -0.25) is 14.4 Å². The molecule has 0 saturated carbocycles. The number of carboxylic acid groups (broad SMARTS) is 1. The Morgan fingerprint density at radius 1 is 0.960 bits per heavy atom. The van der Waals surface area contributed by atoms with Crippen molar-refractivity contribution in [3.8, 4) is 0 Å². The lowest BCUT2D eigenvalue weighted by molar-refractivity contribution is -0.144. The van der Waals surface area contributed by atoms with Crippen LogP contribution >= 0.6 is 0 Å². The number of hydrogen-bond donors (Lipinski definition) is 7. The van der Waals surface area contributed by atoms with Crippen LogP contribution in [-0.4, -0.2) is 76.4 Å². The second-order valence-corrected chi connectivity index (χ2v) is 5.80. The van der Waals surface area contributed by atoms with Crippen molar-refractivity contribution in [1.82, 2.24) is 16.0 Å². The van der Waals surface area contributed by atoms with Gasteiger partial charge in [0.1, 0.15) is 18.1 Å². The van der Waals surface area contributed by atoms with E-state index in [1.807, 2.05) is 5.32 Å². The summed E-state index contributed by atoms with van der Waals surface area (Å²) in [7, 11) is 0. The van der Waals surface area contributed by atoms with Gasteiger partial charge < -0.3 is 37.0 Å². The van der Waals surface area contributed by atoms with Crippen molar-refractivity contribution in [3.05, 3.63) is 0 Å². The van der Waals surface area contributed by atoms with Gasteiger partial charge in [-0.15, -0.1) is 0 Å². The number of nitrogens with one attached hydrogen (secondary N) is 3. The van der Waals surface area contributed by atoms with Crippen LogP contribution in [-0.2, 0) is 19.2 Å². The van der Waals surface area contributed by atoms with Gasteiger partial charge >= 0.3 is 5.97 Å². The SMILES string of the molecule is CC(C)C(NC(=O)CN)C(=O)NC(C(=O)NC(CO)C(=O)O)C(C)O. The first-order valence-electron chi connectivity index (χ1n) is 7.67. The van der Waals surface area contributed by atoms with Crippen LogP contribution in [0.5, 0.6) is 0 Å². The molecule has 0 radical (unpaired) electrons. The van der Waals surface area contributed by atoms with Crippen molar-refractivity contribution in [2.24, 2.45) is 11.7 Å². The molecule has 11 nitrogen and oxygen atoms in total. The molecule has 0 rings (SSSR count). The Bertz CT molecular complexity index is 496. The highest BCUT2D eigenvalue weighted by Gasteiger charge is 2.32. The zero-order valence-corrected chi connectivity index (χ0v) is 14.4. The zero-order chi connectivity index (χ0) is 19.7. The maximum atomic E-state index is 12.3. The number of nitrogens with two attached hydrogens (primary N) is 1. The van der Waals surface area contributed by atoms with Crippen LogP contribution in [0.15, 0.2) is 0 Å². The zero-order valence-electron chi connectivity index (χ0n) is 14.4. The molecule has 11 heteroatoms. The van der Waals surface area contributed by atoms with E-state index >= 15 is 0 Å². The molecule has 3 amide bonds. The van der Waals surface area contributed by atoms with Crippen molar-refractivity contribution < 1.29 is 34.5 Å². The molecule has 0 saturated heterocycles. The van der Waals surface area contributed by atoms with E-state index in [0.717, 1.165) is 0 Å². The number of aliphatic hydroxyl groups excluding tert-OH is 2. The first kappa shape index (κ1) is 22.8. The van der Waals surface area contributed by atoms with Gasteiger partial charge in [-0.1, -0.05) is 13.8 Å². The van der Waals surface area contributed by atoms with Crippen molar-refractivity contribution >= 4 is 23.7 Å². The molecule has 4 unspecified atom stereocenters. The number of carbonyl (C=O) groups excluding carboxylic acids is 3. The summed E-state index contributed by atoms with van der Waals surface area (Å²) in [6.07, 6.45) is -1.35. The smallest absolute Gasteiger partial charge is 0.328 e. The molecule has 0 aliphatic heterocycles. The molecule has 0 bridgehead atoms. The van der Waals surface area contributed by atoms with Crippen LogP contribution in [0.4, 0.5) is 0 Å². The monoisotopic (exact) mass is 362 g/mol. The molecule has 0 aliphatic carbocycles. The number of carboxylic acids is 1. The lowest BCUT2D eigenvalue weighted by Gasteiger charge is -2.27. The molecule has 0 fully saturated rings.